The number of anilines is 1. The van der Waals surface area contributed by atoms with E-state index in [2.05, 4.69) is 53.7 Å². The number of amides is 1. The molecular formula is C38H45N5O4. The zero-order valence-electron chi connectivity index (χ0n) is 28.3. The summed E-state index contributed by atoms with van der Waals surface area (Å²) < 4.78 is 12.5. The maximum Gasteiger partial charge on any atom is 0.410 e. The first kappa shape index (κ1) is 32.3. The number of likely N-dealkylation sites (tertiary alicyclic amines) is 1. The SMILES string of the molecule is CCOC(=O)c1cnn(-c2cccc(-c3cccc4c3C(Nc3ccc(C5CCN(C(=O)OC(C)(C)C)CC5)cc3C)CC4)n2)c1C. The van der Waals surface area contributed by atoms with Crippen LogP contribution in [-0.4, -0.2) is 57.0 Å². The van der Waals surface area contributed by atoms with Crippen LogP contribution in [0.1, 0.15) is 97.2 Å². The maximum atomic E-state index is 12.5. The van der Waals surface area contributed by atoms with Crippen LogP contribution in [0.25, 0.3) is 17.1 Å². The van der Waals surface area contributed by atoms with E-state index in [-0.39, 0.29) is 18.1 Å². The highest BCUT2D eigenvalue weighted by atomic mass is 16.6. The minimum absolute atomic E-state index is 0.148. The fourth-order valence-electron chi connectivity index (χ4n) is 6.81. The van der Waals surface area contributed by atoms with E-state index in [1.165, 1.54) is 22.3 Å². The third-order valence-corrected chi connectivity index (χ3v) is 9.18. The summed E-state index contributed by atoms with van der Waals surface area (Å²) >= 11 is 0. The zero-order valence-corrected chi connectivity index (χ0v) is 28.3. The number of aryl methyl sites for hydroxylation is 2. The lowest BCUT2D eigenvalue weighted by atomic mass is 9.88. The summed E-state index contributed by atoms with van der Waals surface area (Å²) in [7, 11) is 0. The number of pyridine rings is 1. The number of nitrogens with one attached hydrogen (secondary N) is 1. The molecule has 6 rings (SSSR count). The number of esters is 1. The molecule has 0 saturated carbocycles. The molecule has 1 aliphatic heterocycles. The van der Waals surface area contributed by atoms with Crippen LogP contribution >= 0.6 is 0 Å². The Balaban J connectivity index is 1.19. The van der Waals surface area contributed by atoms with Crippen LogP contribution < -0.4 is 5.32 Å². The number of nitrogens with zero attached hydrogens (tertiary/aromatic N) is 4. The Morgan fingerprint density at radius 3 is 2.49 bits per heavy atom. The van der Waals surface area contributed by atoms with E-state index >= 15 is 0 Å². The second-order valence-corrected chi connectivity index (χ2v) is 13.6. The smallest absolute Gasteiger partial charge is 0.410 e. The highest BCUT2D eigenvalue weighted by Crippen LogP contribution is 2.41. The number of carbonyl (C=O) groups is 2. The van der Waals surface area contributed by atoms with Crippen LogP contribution in [-0.2, 0) is 15.9 Å². The number of ether oxygens (including phenoxy) is 2. The molecule has 0 bridgehead atoms. The maximum absolute atomic E-state index is 12.5. The third-order valence-electron chi connectivity index (χ3n) is 9.18. The van der Waals surface area contributed by atoms with Gasteiger partial charge in [-0.2, -0.15) is 5.10 Å². The Kier molecular flexibility index (Phi) is 9.08. The number of benzene rings is 2. The first-order chi connectivity index (χ1) is 22.5. The molecule has 2 aromatic heterocycles. The van der Waals surface area contributed by atoms with Gasteiger partial charge < -0.3 is 19.7 Å². The Bertz CT molecular complexity index is 1780. The predicted octanol–water partition coefficient (Wildman–Crippen LogP) is 7.94. The summed E-state index contributed by atoms with van der Waals surface area (Å²) in [6, 6.07) is 19.3. The summed E-state index contributed by atoms with van der Waals surface area (Å²) in [6.07, 6.45) is 5.18. The van der Waals surface area contributed by atoms with E-state index in [1.807, 2.05) is 50.8 Å². The van der Waals surface area contributed by atoms with Crippen LogP contribution in [0.5, 0.6) is 0 Å². The van der Waals surface area contributed by atoms with E-state index in [9.17, 15) is 9.59 Å². The van der Waals surface area contributed by atoms with E-state index in [0.29, 0.717) is 42.7 Å². The van der Waals surface area contributed by atoms with Crippen molar-refractivity contribution in [3.8, 4) is 17.1 Å². The molecule has 9 heteroatoms. The highest BCUT2D eigenvalue weighted by molar-refractivity contribution is 5.90. The molecule has 47 heavy (non-hydrogen) atoms. The number of carbonyl (C=O) groups excluding carboxylic acids is 2. The number of aromatic nitrogens is 3. The molecule has 1 N–H and O–H groups in total. The molecule has 1 amide bonds. The van der Waals surface area contributed by atoms with Crippen molar-refractivity contribution in [2.75, 3.05) is 25.0 Å². The number of hydrogen-bond donors (Lipinski definition) is 1. The van der Waals surface area contributed by atoms with Gasteiger partial charge in [-0.25, -0.2) is 19.3 Å². The first-order valence-electron chi connectivity index (χ1n) is 16.7. The number of rotatable bonds is 7. The van der Waals surface area contributed by atoms with Crippen LogP contribution in [0, 0.1) is 13.8 Å². The normalized spacial score (nSPS) is 16.6. The quantitative estimate of drug-likeness (QED) is 0.206. The van der Waals surface area contributed by atoms with Crippen molar-refractivity contribution in [3.63, 3.8) is 0 Å². The summed E-state index contributed by atoms with van der Waals surface area (Å²) in [5.41, 5.74) is 8.90. The molecule has 4 aromatic rings. The topological polar surface area (TPSA) is 98.6 Å². The Morgan fingerprint density at radius 1 is 1.00 bits per heavy atom. The van der Waals surface area contributed by atoms with Crippen molar-refractivity contribution in [2.24, 2.45) is 0 Å². The average Bonchev–Trinajstić information content (AvgIpc) is 3.64. The van der Waals surface area contributed by atoms with Gasteiger partial charge in [0.1, 0.15) is 11.2 Å². The molecule has 0 radical (unpaired) electrons. The van der Waals surface area contributed by atoms with Crippen LogP contribution in [0.2, 0.25) is 0 Å². The van der Waals surface area contributed by atoms with Gasteiger partial charge >= 0.3 is 12.1 Å². The molecule has 1 fully saturated rings. The Morgan fingerprint density at radius 2 is 1.77 bits per heavy atom. The lowest BCUT2D eigenvalue weighted by molar-refractivity contribution is 0.0204. The molecule has 0 spiro atoms. The third kappa shape index (κ3) is 6.89. The minimum Gasteiger partial charge on any atom is -0.462 e. The molecule has 1 atom stereocenters. The fraction of sp³-hybridized carbons (Fsp3) is 0.421. The van der Waals surface area contributed by atoms with E-state index in [0.717, 1.165) is 42.6 Å². The molecule has 1 saturated heterocycles. The molecule has 1 aliphatic carbocycles. The molecular weight excluding hydrogens is 590 g/mol. The van der Waals surface area contributed by atoms with Gasteiger partial charge in [0.2, 0.25) is 0 Å². The van der Waals surface area contributed by atoms with Crippen molar-refractivity contribution in [1.82, 2.24) is 19.7 Å². The molecule has 9 nitrogen and oxygen atoms in total. The largest absolute Gasteiger partial charge is 0.462 e. The van der Waals surface area contributed by atoms with Gasteiger partial charge in [-0.3, -0.25) is 0 Å². The summed E-state index contributed by atoms with van der Waals surface area (Å²) in [4.78, 5) is 31.8. The number of hydrogen-bond acceptors (Lipinski definition) is 7. The molecule has 3 heterocycles. The van der Waals surface area contributed by atoms with Crippen molar-refractivity contribution >= 4 is 17.7 Å². The van der Waals surface area contributed by atoms with E-state index in [1.54, 1.807) is 17.8 Å². The number of piperidine rings is 1. The van der Waals surface area contributed by atoms with Gasteiger partial charge in [-0.1, -0.05) is 36.4 Å². The van der Waals surface area contributed by atoms with Crippen LogP contribution in [0.3, 0.4) is 0 Å². The lowest BCUT2D eigenvalue weighted by Crippen LogP contribution is -2.41. The van der Waals surface area contributed by atoms with Crippen molar-refractivity contribution in [3.05, 3.63) is 94.3 Å². The summed E-state index contributed by atoms with van der Waals surface area (Å²) in [5.74, 6) is 0.693. The Hall–Kier alpha value is -4.66. The Labute approximate surface area is 277 Å². The van der Waals surface area contributed by atoms with Crippen LogP contribution in [0.4, 0.5) is 10.5 Å². The minimum atomic E-state index is -0.481. The number of fused-ring (bicyclic) bond motifs is 1. The molecule has 2 aromatic carbocycles. The fourth-order valence-corrected chi connectivity index (χ4v) is 6.81. The standard InChI is InChI=1S/C38H45N5O4/c1-7-46-36(44)30-23-39-43(25(30)3)34-13-9-12-32(41-34)29-11-8-10-27-14-17-33(35(27)29)40-31-16-15-28(22-24(31)2)26-18-20-42(21-19-26)37(45)47-38(4,5)6/h8-13,15-16,22-23,26,33,40H,7,14,17-21H2,1-6H3. The second kappa shape index (κ2) is 13.2. The monoisotopic (exact) mass is 635 g/mol. The van der Waals surface area contributed by atoms with Crippen molar-refractivity contribution in [2.45, 2.75) is 84.8 Å². The van der Waals surface area contributed by atoms with E-state index < -0.39 is 5.60 Å². The second-order valence-electron chi connectivity index (χ2n) is 13.6. The first-order valence-corrected chi connectivity index (χ1v) is 16.7. The van der Waals surface area contributed by atoms with Gasteiger partial charge in [-0.15, -0.1) is 0 Å². The highest BCUT2D eigenvalue weighted by Gasteiger charge is 2.29. The summed E-state index contributed by atoms with van der Waals surface area (Å²) in [6.45, 7) is 13.3. The van der Waals surface area contributed by atoms with Crippen molar-refractivity contribution < 1.29 is 19.1 Å². The van der Waals surface area contributed by atoms with Gasteiger partial charge in [0.25, 0.3) is 0 Å². The average molecular weight is 636 g/mol. The van der Waals surface area contributed by atoms with Gasteiger partial charge in [0, 0.05) is 24.3 Å². The summed E-state index contributed by atoms with van der Waals surface area (Å²) in [5, 5.41) is 8.33. The predicted molar refractivity (Wildman–Crippen MR) is 183 cm³/mol. The lowest BCUT2D eigenvalue weighted by Gasteiger charge is -2.33. The van der Waals surface area contributed by atoms with Crippen LogP contribution in [0.15, 0.2) is 60.8 Å². The van der Waals surface area contributed by atoms with Gasteiger partial charge in [0.05, 0.1) is 30.2 Å². The zero-order chi connectivity index (χ0) is 33.3. The molecule has 1 unspecified atom stereocenters. The van der Waals surface area contributed by atoms with E-state index in [4.69, 9.17) is 14.5 Å². The molecule has 2 aliphatic rings. The molecule has 246 valence electrons. The van der Waals surface area contributed by atoms with Gasteiger partial charge in [-0.05, 0) is 114 Å². The van der Waals surface area contributed by atoms with Crippen molar-refractivity contribution in [1.29, 1.82) is 0 Å². The van der Waals surface area contributed by atoms with Gasteiger partial charge in [0.15, 0.2) is 5.82 Å².